The number of aromatic nitrogens is 3. The van der Waals surface area contributed by atoms with Crippen LogP contribution in [0.5, 0.6) is 0 Å². The first kappa shape index (κ1) is 17.2. The molecule has 0 fully saturated rings. The molecule has 140 valence electrons. The topological polar surface area (TPSA) is 30.7 Å². The predicted molar refractivity (Wildman–Crippen MR) is 115 cm³/mol. The monoisotopic (exact) mass is 367 g/mol. The highest BCUT2D eigenvalue weighted by molar-refractivity contribution is 5.98. The molecule has 28 heavy (non-hydrogen) atoms. The van der Waals surface area contributed by atoms with Crippen LogP contribution in [0.4, 0.5) is 0 Å². The normalized spacial score (nSPS) is 13.7. The average Bonchev–Trinajstić information content (AvgIpc) is 3.05. The third kappa shape index (κ3) is 2.57. The summed E-state index contributed by atoms with van der Waals surface area (Å²) in [5.74, 6) is 0. The zero-order valence-corrected chi connectivity index (χ0v) is 16.8. The van der Waals surface area contributed by atoms with E-state index >= 15 is 0 Å². The highest BCUT2D eigenvalue weighted by Gasteiger charge is 2.24. The van der Waals surface area contributed by atoms with Crippen LogP contribution in [0.25, 0.3) is 27.8 Å². The van der Waals surface area contributed by atoms with Gasteiger partial charge in [-0.2, -0.15) is 5.10 Å². The molecule has 0 radical (unpaired) electrons. The van der Waals surface area contributed by atoms with Crippen molar-refractivity contribution in [2.24, 2.45) is 0 Å². The fourth-order valence-electron chi connectivity index (χ4n) is 4.54. The molecule has 5 rings (SSSR count). The Morgan fingerprint density at radius 2 is 1.64 bits per heavy atom. The Morgan fingerprint density at radius 3 is 2.46 bits per heavy atom. The van der Waals surface area contributed by atoms with Crippen LogP contribution in [-0.2, 0) is 12.8 Å². The van der Waals surface area contributed by atoms with Gasteiger partial charge in [0, 0.05) is 5.69 Å². The number of benzene rings is 2. The number of rotatable bonds is 2. The van der Waals surface area contributed by atoms with Crippen molar-refractivity contribution in [3.63, 3.8) is 0 Å². The highest BCUT2D eigenvalue weighted by atomic mass is 15.3. The van der Waals surface area contributed by atoms with E-state index in [-0.39, 0.29) is 0 Å². The second-order valence-electron chi connectivity index (χ2n) is 7.90. The van der Waals surface area contributed by atoms with Crippen molar-refractivity contribution in [2.45, 2.75) is 46.5 Å². The molecule has 0 saturated heterocycles. The summed E-state index contributed by atoms with van der Waals surface area (Å²) in [7, 11) is 0. The second kappa shape index (κ2) is 6.59. The van der Waals surface area contributed by atoms with Crippen molar-refractivity contribution in [1.82, 2.24) is 14.8 Å². The van der Waals surface area contributed by atoms with Crippen LogP contribution in [0.2, 0.25) is 0 Å². The maximum atomic E-state index is 5.15. The summed E-state index contributed by atoms with van der Waals surface area (Å²) in [6.07, 6.45) is 4.62. The summed E-state index contributed by atoms with van der Waals surface area (Å²) in [5, 5.41) is 6.13. The van der Waals surface area contributed by atoms with Crippen LogP contribution in [-0.4, -0.2) is 14.8 Å². The second-order valence-corrected chi connectivity index (χ2v) is 7.90. The van der Waals surface area contributed by atoms with Gasteiger partial charge in [0.2, 0.25) is 0 Å². The number of hydrogen-bond donors (Lipinski definition) is 0. The molecule has 1 aliphatic rings. The lowest BCUT2D eigenvalue weighted by Gasteiger charge is -2.21. The van der Waals surface area contributed by atoms with E-state index in [1.54, 1.807) is 0 Å². The summed E-state index contributed by atoms with van der Waals surface area (Å²) in [6.45, 7) is 6.56. The van der Waals surface area contributed by atoms with Gasteiger partial charge in [0.05, 0.1) is 16.8 Å². The molecular weight excluding hydrogens is 342 g/mol. The van der Waals surface area contributed by atoms with Crippen LogP contribution in [0.1, 0.15) is 40.9 Å². The number of para-hydroxylation sites is 1. The standard InChI is InChI=1S/C25H25N3/c1-16-10-9-14-20(17(16)2)24-21-13-7-8-15-22(21)26-25-23(24)18(3)27-28(25)19-11-5-4-6-12-19/h4-6,9-12,14H,7-8,13,15H2,1-3H3. The number of hydrogen-bond acceptors (Lipinski definition) is 2. The van der Waals surface area contributed by atoms with Gasteiger partial charge < -0.3 is 0 Å². The Balaban J connectivity index is 1.91. The summed E-state index contributed by atoms with van der Waals surface area (Å²) < 4.78 is 2.02. The van der Waals surface area contributed by atoms with Gasteiger partial charge in [-0.3, -0.25) is 0 Å². The smallest absolute Gasteiger partial charge is 0.164 e. The molecule has 0 aliphatic heterocycles. The van der Waals surface area contributed by atoms with Gasteiger partial charge in [-0.05, 0) is 86.4 Å². The molecule has 0 saturated carbocycles. The number of fused-ring (bicyclic) bond motifs is 2. The van der Waals surface area contributed by atoms with E-state index in [9.17, 15) is 0 Å². The van der Waals surface area contributed by atoms with Crippen molar-refractivity contribution in [2.75, 3.05) is 0 Å². The summed E-state index contributed by atoms with van der Waals surface area (Å²) >= 11 is 0. The van der Waals surface area contributed by atoms with Crippen molar-refractivity contribution < 1.29 is 0 Å². The SMILES string of the molecule is Cc1cccc(-c2c3c(nc4c2c(C)nn4-c2ccccc2)CCCC3)c1C. The molecule has 3 heteroatoms. The molecule has 0 amide bonds. The fourth-order valence-corrected chi connectivity index (χ4v) is 4.54. The Kier molecular flexibility index (Phi) is 4.04. The number of pyridine rings is 1. The molecular formula is C25H25N3. The van der Waals surface area contributed by atoms with Crippen molar-refractivity contribution in [1.29, 1.82) is 0 Å². The van der Waals surface area contributed by atoms with Gasteiger partial charge in [-0.25, -0.2) is 9.67 Å². The Labute approximate surface area is 166 Å². The van der Waals surface area contributed by atoms with Crippen molar-refractivity contribution in [3.05, 3.63) is 76.6 Å². The molecule has 0 bridgehead atoms. The lowest BCUT2D eigenvalue weighted by Crippen LogP contribution is -2.09. The molecule has 2 aromatic carbocycles. The summed E-state index contributed by atoms with van der Waals surface area (Å²) in [4.78, 5) is 5.15. The first-order valence-corrected chi connectivity index (χ1v) is 10.2. The van der Waals surface area contributed by atoms with E-state index in [0.29, 0.717) is 0 Å². The zero-order valence-electron chi connectivity index (χ0n) is 16.8. The molecule has 0 spiro atoms. The molecule has 4 aromatic rings. The van der Waals surface area contributed by atoms with Crippen LogP contribution in [0.15, 0.2) is 48.5 Å². The van der Waals surface area contributed by atoms with Gasteiger partial charge in [-0.15, -0.1) is 0 Å². The zero-order chi connectivity index (χ0) is 19.3. The van der Waals surface area contributed by atoms with Gasteiger partial charge in [0.25, 0.3) is 0 Å². The Bertz CT molecular complexity index is 1190. The third-order valence-corrected chi connectivity index (χ3v) is 6.14. The van der Waals surface area contributed by atoms with E-state index in [0.717, 1.165) is 29.9 Å². The van der Waals surface area contributed by atoms with E-state index in [1.807, 2.05) is 10.7 Å². The fraction of sp³-hybridized carbons (Fsp3) is 0.280. The number of aryl methyl sites for hydroxylation is 3. The molecule has 1 aliphatic carbocycles. The van der Waals surface area contributed by atoms with Crippen molar-refractivity contribution in [3.8, 4) is 16.8 Å². The minimum absolute atomic E-state index is 0.986. The van der Waals surface area contributed by atoms with E-state index < -0.39 is 0 Å². The van der Waals surface area contributed by atoms with Crippen LogP contribution >= 0.6 is 0 Å². The molecule has 0 N–H and O–H groups in total. The Hall–Kier alpha value is -2.94. The molecule has 0 atom stereocenters. The molecule has 2 aromatic heterocycles. The Morgan fingerprint density at radius 1 is 0.857 bits per heavy atom. The largest absolute Gasteiger partial charge is 0.233 e. The number of nitrogens with zero attached hydrogens (tertiary/aromatic N) is 3. The quantitative estimate of drug-likeness (QED) is 0.442. The van der Waals surface area contributed by atoms with E-state index in [2.05, 4.69) is 63.2 Å². The van der Waals surface area contributed by atoms with Gasteiger partial charge in [0.15, 0.2) is 5.65 Å². The highest BCUT2D eigenvalue weighted by Crippen LogP contribution is 2.40. The molecule has 0 unspecified atom stereocenters. The minimum atomic E-state index is 0.986. The van der Waals surface area contributed by atoms with Crippen LogP contribution < -0.4 is 0 Å². The van der Waals surface area contributed by atoms with E-state index in [4.69, 9.17) is 10.1 Å². The van der Waals surface area contributed by atoms with Crippen LogP contribution in [0, 0.1) is 20.8 Å². The summed E-state index contributed by atoms with van der Waals surface area (Å²) in [6, 6.07) is 17.0. The van der Waals surface area contributed by atoms with Crippen molar-refractivity contribution >= 4 is 11.0 Å². The minimum Gasteiger partial charge on any atom is -0.233 e. The first-order valence-electron chi connectivity index (χ1n) is 10.2. The lowest BCUT2D eigenvalue weighted by molar-refractivity contribution is 0.671. The van der Waals surface area contributed by atoms with Crippen LogP contribution in [0.3, 0.4) is 0 Å². The first-order chi connectivity index (χ1) is 13.6. The average molecular weight is 367 g/mol. The summed E-state index contributed by atoms with van der Waals surface area (Å²) in [5.41, 5.74) is 11.2. The van der Waals surface area contributed by atoms with E-state index in [1.165, 1.54) is 51.7 Å². The predicted octanol–water partition coefficient (Wildman–Crippen LogP) is 5.89. The molecule has 3 nitrogen and oxygen atoms in total. The maximum absolute atomic E-state index is 5.15. The van der Waals surface area contributed by atoms with Gasteiger partial charge >= 0.3 is 0 Å². The third-order valence-electron chi connectivity index (χ3n) is 6.14. The lowest BCUT2D eigenvalue weighted by atomic mass is 9.85. The molecule has 2 heterocycles. The van der Waals surface area contributed by atoms with Gasteiger partial charge in [0.1, 0.15) is 0 Å². The maximum Gasteiger partial charge on any atom is 0.164 e. The van der Waals surface area contributed by atoms with Gasteiger partial charge in [-0.1, -0.05) is 36.4 Å².